The Bertz CT molecular complexity index is 91.4. The number of hydrogen-bond acceptors (Lipinski definition) is 2. The fourth-order valence-electron chi connectivity index (χ4n) is 0.344. The molecule has 10 heavy (non-hydrogen) atoms. The fraction of sp³-hybridized carbons (Fsp3) is 1.00. The van der Waals surface area contributed by atoms with Gasteiger partial charge in [0.1, 0.15) is 0 Å². The second kappa shape index (κ2) is 4.08. The predicted molar refractivity (Wildman–Crippen MR) is 37.1 cm³/mol. The Morgan fingerprint density at radius 2 is 1.80 bits per heavy atom. The Morgan fingerprint density at radius 3 is 2.10 bits per heavy atom. The van der Waals surface area contributed by atoms with Crippen molar-refractivity contribution in [2.45, 2.75) is 5.51 Å². The first kappa shape index (κ1) is 10.1. The third-order valence-corrected chi connectivity index (χ3v) is 1.52. The van der Waals surface area contributed by atoms with Gasteiger partial charge in [0.2, 0.25) is 0 Å². The molecule has 0 aromatic heterocycles. The minimum atomic E-state index is -4.07. The molecule has 0 bridgehead atoms. The van der Waals surface area contributed by atoms with Crippen molar-refractivity contribution in [2.24, 2.45) is 0 Å². The summed E-state index contributed by atoms with van der Waals surface area (Å²) < 4.78 is 34.4. The van der Waals surface area contributed by atoms with Gasteiger partial charge >= 0.3 is 5.51 Å². The maximum absolute atomic E-state index is 11.5. The van der Waals surface area contributed by atoms with Gasteiger partial charge in [-0.25, -0.2) is 0 Å². The Labute approximate surface area is 62.6 Å². The third-order valence-electron chi connectivity index (χ3n) is 0.804. The molecule has 0 aromatic rings. The second-order valence-electron chi connectivity index (χ2n) is 2.10. The molecule has 0 unspecified atom stereocenters. The van der Waals surface area contributed by atoms with Crippen LogP contribution in [0.25, 0.3) is 0 Å². The summed E-state index contributed by atoms with van der Waals surface area (Å²) in [6, 6.07) is 0. The van der Waals surface area contributed by atoms with Gasteiger partial charge in [-0.15, -0.1) is 0 Å². The van der Waals surface area contributed by atoms with E-state index < -0.39 is 5.51 Å². The van der Waals surface area contributed by atoms with E-state index in [9.17, 15) is 13.2 Å². The van der Waals surface area contributed by atoms with E-state index in [2.05, 4.69) is 0 Å². The molecule has 5 heteroatoms. The quantitative estimate of drug-likeness (QED) is 0.640. The topological polar surface area (TPSA) is 3.24 Å². The summed E-state index contributed by atoms with van der Waals surface area (Å²) in [5.74, 6) is 0.108. The molecule has 0 saturated carbocycles. The van der Waals surface area contributed by atoms with Crippen LogP contribution < -0.4 is 0 Å². The highest BCUT2D eigenvalue weighted by Crippen LogP contribution is 2.29. The predicted octanol–water partition coefficient (Wildman–Crippen LogP) is 1.80. The molecular formula is C5H10F3NS. The number of nitrogens with zero attached hydrogens (tertiary/aromatic N) is 1. The first-order valence-corrected chi connectivity index (χ1v) is 3.76. The zero-order chi connectivity index (χ0) is 8.20. The molecular weight excluding hydrogens is 163 g/mol. The van der Waals surface area contributed by atoms with Crippen LogP contribution >= 0.6 is 11.8 Å². The van der Waals surface area contributed by atoms with Crippen LogP contribution in [0.3, 0.4) is 0 Å². The minimum absolute atomic E-state index is 0.0202. The Hall–Kier alpha value is 0.100. The minimum Gasteiger partial charge on any atom is -0.309 e. The standard InChI is InChI=1S/C5H10F3NS/c1-9(2)3-4-10-5(6,7)8/h3-4H2,1-2H3. The second-order valence-corrected chi connectivity index (χ2v) is 3.26. The molecule has 0 saturated heterocycles. The molecule has 0 fully saturated rings. The monoisotopic (exact) mass is 173 g/mol. The number of hydrogen-bond donors (Lipinski definition) is 0. The number of thioether (sulfide) groups is 1. The molecule has 1 nitrogen and oxygen atoms in total. The van der Waals surface area contributed by atoms with E-state index in [-0.39, 0.29) is 17.5 Å². The lowest BCUT2D eigenvalue weighted by molar-refractivity contribution is -0.0328. The lowest BCUT2D eigenvalue weighted by Crippen LogP contribution is -2.16. The maximum Gasteiger partial charge on any atom is 0.441 e. The molecule has 0 aliphatic carbocycles. The first-order valence-electron chi connectivity index (χ1n) is 2.77. The molecule has 0 amide bonds. The smallest absolute Gasteiger partial charge is 0.309 e. The highest BCUT2D eigenvalue weighted by Gasteiger charge is 2.27. The van der Waals surface area contributed by atoms with Crippen LogP contribution in [0.2, 0.25) is 0 Å². The van der Waals surface area contributed by atoms with Crippen LogP contribution in [0.1, 0.15) is 0 Å². The molecule has 0 rings (SSSR count). The molecule has 0 atom stereocenters. The van der Waals surface area contributed by atoms with Crippen LogP contribution in [0, 0.1) is 0 Å². The molecule has 0 aliphatic rings. The van der Waals surface area contributed by atoms with E-state index in [1.807, 2.05) is 0 Å². The van der Waals surface area contributed by atoms with Gasteiger partial charge in [0.25, 0.3) is 0 Å². The highest BCUT2D eigenvalue weighted by molar-refractivity contribution is 8.00. The van der Waals surface area contributed by atoms with Crippen molar-refractivity contribution in [3.63, 3.8) is 0 Å². The number of halogens is 3. The van der Waals surface area contributed by atoms with Gasteiger partial charge in [-0.2, -0.15) is 13.2 Å². The van der Waals surface area contributed by atoms with E-state index in [0.29, 0.717) is 6.54 Å². The third kappa shape index (κ3) is 8.10. The van der Waals surface area contributed by atoms with E-state index >= 15 is 0 Å². The van der Waals surface area contributed by atoms with Crippen LogP contribution in [0.5, 0.6) is 0 Å². The molecule has 0 aliphatic heterocycles. The first-order chi connectivity index (χ1) is 4.42. The van der Waals surface area contributed by atoms with Crippen LogP contribution in [-0.4, -0.2) is 36.8 Å². The van der Waals surface area contributed by atoms with Crippen LogP contribution in [0.15, 0.2) is 0 Å². The van der Waals surface area contributed by atoms with Gasteiger partial charge in [0.15, 0.2) is 0 Å². The Kier molecular flexibility index (Phi) is 4.12. The van der Waals surface area contributed by atoms with Gasteiger partial charge < -0.3 is 4.90 Å². The summed E-state index contributed by atoms with van der Waals surface area (Å²) in [6.07, 6.45) is 0. The summed E-state index contributed by atoms with van der Waals surface area (Å²) in [7, 11) is 3.49. The Morgan fingerprint density at radius 1 is 1.30 bits per heavy atom. The summed E-state index contributed by atoms with van der Waals surface area (Å²) in [5.41, 5.74) is -4.07. The summed E-state index contributed by atoms with van der Waals surface area (Å²) >= 11 is 0.0202. The SMILES string of the molecule is CN(C)CCSC(F)(F)F. The largest absolute Gasteiger partial charge is 0.441 e. The van der Waals surface area contributed by atoms with Crippen molar-refractivity contribution in [2.75, 3.05) is 26.4 Å². The van der Waals surface area contributed by atoms with Gasteiger partial charge in [0.05, 0.1) is 0 Å². The van der Waals surface area contributed by atoms with Crippen molar-refractivity contribution >= 4 is 11.8 Å². The van der Waals surface area contributed by atoms with Crippen molar-refractivity contribution < 1.29 is 13.2 Å². The molecule has 62 valence electrons. The van der Waals surface area contributed by atoms with Crippen molar-refractivity contribution in [3.8, 4) is 0 Å². The molecule has 0 aromatic carbocycles. The molecule has 0 heterocycles. The van der Waals surface area contributed by atoms with Crippen LogP contribution in [-0.2, 0) is 0 Å². The molecule has 0 spiro atoms. The average molecular weight is 173 g/mol. The zero-order valence-corrected chi connectivity index (χ0v) is 6.72. The van der Waals surface area contributed by atoms with E-state index in [4.69, 9.17) is 0 Å². The molecule has 0 N–H and O–H groups in total. The average Bonchev–Trinajstić information content (AvgIpc) is 1.59. The van der Waals surface area contributed by atoms with Gasteiger partial charge in [-0.1, -0.05) is 0 Å². The number of alkyl halides is 3. The lowest BCUT2D eigenvalue weighted by atomic mass is 10.7. The van der Waals surface area contributed by atoms with Gasteiger partial charge in [-0.05, 0) is 25.9 Å². The molecule has 0 radical (unpaired) electrons. The Balaban J connectivity index is 3.21. The van der Waals surface area contributed by atoms with Crippen LogP contribution in [0.4, 0.5) is 13.2 Å². The fourth-order valence-corrected chi connectivity index (χ4v) is 1.03. The van der Waals surface area contributed by atoms with E-state index in [0.717, 1.165) is 0 Å². The summed E-state index contributed by atoms with van der Waals surface area (Å²) in [5, 5.41) is 0. The maximum atomic E-state index is 11.5. The number of rotatable bonds is 3. The lowest BCUT2D eigenvalue weighted by Gasteiger charge is -2.09. The van der Waals surface area contributed by atoms with Gasteiger partial charge in [-0.3, -0.25) is 0 Å². The normalized spacial score (nSPS) is 12.6. The highest BCUT2D eigenvalue weighted by atomic mass is 32.2. The van der Waals surface area contributed by atoms with Gasteiger partial charge in [0, 0.05) is 12.3 Å². The summed E-state index contributed by atoms with van der Waals surface area (Å²) in [6.45, 7) is 0.462. The van der Waals surface area contributed by atoms with E-state index in [1.54, 1.807) is 19.0 Å². The summed E-state index contributed by atoms with van der Waals surface area (Å²) in [4.78, 5) is 1.72. The van der Waals surface area contributed by atoms with Crippen molar-refractivity contribution in [3.05, 3.63) is 0 Å². The van der Waals surface area contributed by atoms with Crippen molar-refractivity contribution in [1.82, 2.24) is 4.90 Å². The zero-order valence-electron chi connectivity index (χ0n) is 5.90. The van der Waals surface area contributed by atoms with Crippen molar-refractivity contribution in [1.29, 1.82) is 0 Å². The van der Waals surface area contributed by atoms with E-state index in [1.165, 1.54) is 0 Å².